The summed E-state index contributed by atoms with van der Waals surface area (Å²) in [6, 6.07) is 19.0. The largest absolute Gasteiger partial charge is 0.481 e. The number of hydrogen-bond acceptors (Lipinski definition) is 4. The Bertz CT molecular complexity index is 1190. The van der Waals surface area contributed by atoms with Crippen LogP contribution in [0.25, 0.3) is 0 Å². The van der Waals surface area contributed by atoms with E-state index in [4.69, 9.17) is 27.9 Å². The van der Waals surface area contributed by atoms with Crippen LogP contribution in [-0.4, -0.2) is 23.6 Å². The number of nitrogens with zero attached hydrogens (tertiary/aromatic N) is 1. The van der Waals surface area contributed by atoms with Crippen LogP contribution in [0.5, 0.6) is 5.75 Å². The minimum absolute atomic E-state index is 0.254. The molecule has 33 heavy (non-hydrogen) atoms. The van der Waals surface area contributed by atoms with Crippen LogP contribution in [0.1, 0.15) is 35.3 Å². The predicted octanol–water partition coefficient (Wildman–Crippen LogP) is 5.86. The molecular weight excluding hydrogens is 461 g/mol. The zero-order chi connectivity index (χ0) is 24.0. The van der Waals surface area contributed by atoms with Crippen molar-refractivity contribution in [1.82, 2.24) is 5.43 Å². The van der Waals surface area contributed by atoms with Gasteiger partial charge in [-0.1, -0.05) is 35.3 Å². The second-order valence-electron chi connectivity index (χ2n) is 7.38. The Kier molecular flexibility index (Phi) is 8.09. The van der Waals surface area contributed by atoms with Crippen molar-refractivity contribution in [3.05, 3.63) is 93.5 Å². The van der Waals surface area contributed by atoms with Crippen LogP contribution >= 0.6 is 23.2 Å². The maximum atomic E-state index is 12.4. The zero-order valence-electron chi connectivity index (χ0n) is 18.4. The van der Waals surface area contributed by atoms with Crippen molar-refractivity contribution in [2.75, 3.05) is 5.32 Å². The summed E-state index contributed by atoms with van der Waals surface area (Å²) in [4.78, 5) is 24.8. The number of carbonyl (C=O) groups excluding carboxylic acids is 2. The van der Waals surface area contributed by atoms with E-state index in [0.29, 0.717) is 32.8 Å². The van der Waals surface area contributed by atoms with E-state index >= 15 is 0 Å². The summed E-state index contributed by atoms with van der Waals surface area (Å²) in [7, 11) is 0. The summed E-state index contributed by atoms with van der Waals surface area (Å²) in [6.07, 6.45) is -0.758. The second-order valence-corrected chi connectivity index (χ2v) is 8.26. The molecule has 0 fully saturated rings. The van der Waals surface area contributed by atoms with E-state index in [-0.39, 0.29) is 5.91 Å². The number of carbonyl (C=O) groups is 2. The number of amides is 2. The first-order valence-corrected chi connectivity index (χ1v) is 10.9. The fraction of sp³-hybridized carbons (Fsp3) is 0.160. The summed E-state index contributed by atoms with van der Waals surface area (Å²) < 4.78 is 5.72. The van der Waals surface area contributed by atoms with E-state index < -0.39 is 12.0 Å². The number of ether oxygens (including phenoxy) is 1. The molecule has 0 heterocycles. The molecule has 3 aromatic rings. The Morgan fingerprint density at radius 2 is 1.64 bits per heavy atom. The third-order valence-electron chi connectivity index (χ3n) is 4.79. The average molecular weight is 484 g/mol. The highest BCUT2D eigenvalue weighted by Crippen LogP contribution is 2.23. The number of halogens is 2. The average Bonchev–Trinajstić information content (AvgIpc) is 2.79. The van der Waals surface area contributed by atoms with E-state index in [1.54, 1.807) is 74.5 Å². The fourth-order valence-electron chi connectivity index (χ4n) is 2.91. The molecule has 0 bridgehead atoms. The molecular formula is C25H23Cl2N3O3. The van der Waals surface area contributed by atoms with Gasteiger partial charge in [0.25, 0.3) is 11.8 Å². The van der Waals surface area contributed by atoms with Crippen LogP contribution < -0.4 is 15.5 Å². The van der Waals surface area contributed by atoms with Crippen molar-refractivity contribution < 1.29 is 14.3 Å². The van der Waals surface area contributed by atoms with E-state index in [1.807, 2.05) is 13.0 Å². The molecule has 0 saturated heterocycles. The van der Waals surface area contributed by atoms with Crippen molar-refractivity contribution in [3.8, 4) is 5.75 Å². The van der Waals surface area contributed by atoms with Crippen LogP contribution in [-0.2, 0) is 4.79 Å². The first-order chi connectivity index (χ1) is 15.7. The Hall–Kier alpha value is -3.35. The van der Waals surface area contributed by atoms with Gasteiger partial charge in [-0.3, -0.25) is 9.59 Å². The number of hydrogen-bond donors (Lipinski definition) is 2. The number of nitrogens with one attached hydrogen (secondary N) is 2. The Labute approximate surface area is 202 Å². The predicted molar refractivity (Wildman–Crippen MR) is 132 cm³/mol. The summed E-state index contributed by atoms with van der Waals surface area (Å²) >= 11 is 11.8. The molecule has 0 saturated carbocycles. The van der Waals surface area contributed by atoms with E-state index in [1.165, 1.54) is 0 Å². The molecule has 3 aromatic carbocycles. The molecule has 0 aromatic heterocycles. The highest BCUT2D eigenvalue weighted by atomic mass is 35.5. The normalized spacial score (nSPS) is 12.1. The van der Waals surface area contributed by atoms with Crippen LogP contribution in [0.15, 0.2) is 71.8 Å². The minimum atomic E-state index is -0.758. The van der Waals surface area contributed by atoms with Crippen molar-refractivity contribution in [3.63, 3.8) is 0 Å². The van der Waals surface area contributed by atoms with E-state index in [2.05, 4.69) is 15.8 Å². The maximum absolute atomic E-state index is 12.4. The summed E-state index contributed by atoms with van der Waals surface area (Å²) in [5, 5.41) is 8.17. The van der Waals surface area contributed by atoms with Crippen LogP contribution in [0.2, 0.25) is 10.0 Å². The topological polar surface area (TPSA) is 79.8 Å². The molecule has 170 valence electrons. The molecule has 8 heteroatoms. The third kappa shape index (κ3) is 6.81. The van der Waals surface area contributed by atoms with Crippen molar-refractivity contribution in [2.24, 2.45) is 5.10 Å². The van der Waals surface area contributed by atoms with Gasteiger partial charge in [0, 0.05) is 21.3 Å². The van der Waals surface area contributed by atoms with Crippen molar-refractivity contribution in [1.29, 1.82) is 0 Å². The van der Waals surface area contributed by atoms with Crippen molar-refractivity contribution >= 4 is 46.4 Å². The summed E-state index contributed by atoms with van der Waals surface area (Å²) in [6.45, 7) is 5.25. The Morgan fingerprint density at radius 1 is 0.939 bits per heavy atom. The molecule has 0 radical (unpaired) electrons. The first-order valence-electron chi connectivity index (χ1n) is 10.2. The second kappa shape index (κ2) is 11.0. The number of aryl methyl sites for hydroxylation is 1. The molecule has 3 rings (SSSR count). The molecule has 0 aliphatic rings. The third-order valence-corrected chi connectivity index (χ3v) is 5.28. The van der Waals surface area contributed by atoms with Gasteiger partial charge in [-0.05, 0) is 86.5 Å². The first kappa shape index (κ1) is 24.3. The quantitative estimate of drug-likeness (QED) is 0.326. The Morgan fingerprint density at radius 3 is 2.33 bits per heavy atom. The summed E-state index contributed by atoms with van der Waals surface area (Å²) in [5.41, 5.74) is 5.76. The lowest BCUT2D eigenvalue weighted by atomic mass is 10.1. The van der Waals surface area contributed by atoms with Gasteiger partial charge in [0.2, 0.25) is 0 Å². The molecule has 0 aliphatic carbocycles. The van der Waals surface area contributed by atoms with Crippen LogP contribution in [0.4, 0.5) is 5.69 Å². The molecule has 1 atom stereocenters. The maximum Gasteiger partial charge on any atom is 0.280 e. The van der Waals surface area contributed by atoms with E-state index in [0.717, 1.165) is 11.1 Å². The van der Waals surface area contributed by atoms with E-state index in [9.17, 15) is 9.59 Å². The van der Waals surface area contributed by atoms with Gasteiger partial charge < -0.3 is 10.1 Å². The highest BCUT2D eigenvalue weighted by Gasteiger charge is 2.15. The molecule has 0 spiro atoms. The zero-order valence-corrected chi connectivity index (χ0v) is 19.9. The highest BCUT2D eigenvalue weighted by molar-refractivity contribution is 6.31. The SMILES string of the molecule is CC(=NNC(=O)C(C)Oc1ccc(Cl)cc1C)c1cccc(NC(=O)c2ccc(Cl)cc2)c1. The summed E-state index contributed by atoms with van der Waals surface area (Å²) in [5.74, 6) is -0.0713. The monoisotopic (exact) mass is 483 g/mol. The van der Waals surface area contributed by atoms with Gasteiger partial charge in [0.1, 0.15) is 5.75 Å². The van der Waals surface area contributed by atoms with Crippen molar-refractivity contribution in [2.45, 2.75) is 26.9 Å². The molecule has 0 aliphatic heterocycles. The number of benzene rings is 3. The standard InChI is InChI=1S/C25H23Cl2N3O3/c1-15-13-21(27)11-12-23(15)33-17(3)24(31)30-29-16(2)19-5-4-6-22(14-19)28-25(32)18-7-9-20(26)10-8-18/h4-14,17H,1-3H3,(H,28,32)(H,30,31). The van der Waals surface area contributed by atoms with Crippen LogP contribution in [0.3, 0.4) is 0 Å². The van der Waals surface area contributed by atoms with Gasteiger partial charge in [-0.2, -0.15) is 5.10 Å². The lowest BCUT2D eigenvalue weighted by molar-refractivity contribution is -0.127. The lowest BCUT2D eigenvalue weighted by Crippen LogP contribution is -2.34. The van der Waals surface area contributed by atoms with Gasteiger partial charge in [0.15, 0.2) is 6.10 Å². The number of rotatable bonds is 7. The van der Waals surface area contributed by atoms with Gasteiger partial charge in [-0.25, -0.2) is 5.43 Å². The molecule has 2 amide bonds. The van der Waals surface area contributed by atoms with Crippen LogP contribution in [0, 0.1) is 6.92 Å². The fourth-order valence-corrected chi connectivity index (χ4v) is 3.26. The Balaban J connectivity index is 1.62. The van der Waals surface area contributed by atoms with Gasteiger partial charge in [-0.15, -0.1) is 0 Å². The molecule has 1 unspecified atom stereocenters. The molecule has 2 N–H and O–H groups in total. The smallest absolute Gasteiger partial charge is 0.280 e. The van der Waals surface area contributed by atoms with Gasteiger partial charge >= 0.3 is 0 Å². The lowest BCUT2D eigenvalue weighted by Gasteiger charge is -2.15. The van der Waals surface area contributed by atoms with Gasteiger partial charge in [0.05, 0.1) is 5.71 Å². The number of hydrazone groups is 1. The molecule has 6 nitrogen and oxygen atoms in total. The minimum Gasteiger partial charge on any atom is -0.481 e. The number of anilines is 1.